The number of hydrogen-bond donors (Lipinski definition) is 1. The molecule has 0 aromatic carbocycles. The van der Waals surface area contributed by atoms with Crippen molar-refractivity contribution in [1.29, 1.82) is 0 Å². The van der Waals surface area contributed by atoms with Gasteiger partial charge in [0, 0.05) is 26.3 Å². The molecule has 0 spiro atoms. The average Bonchev–Trinajstić information content (AvgIpc) is 2.82. The van der Waals surface area contributed by atoms with E-state index in [0.717, 1.165) is 12.6 Å². The Bertz CT molecular complexity index is 275. The van der Waals surface area contributed by atoms with Gasteiger partial charge in [-0.05, 0) is 12.8 Å². The molecule has 13 heavy (non-hydrogen) atoms. The van der Waals surface area contributed by atoms with Gasteiger partial charge in [0.1, 0.15) is 0 Å². The Morgan fingerprint density at radius 1 is 1.62 bits per heavy atom. The molecule has 1 aliphatic carbocycles. The number of nitrogens with one attached hydrogen (secondary N) is 1. The highest BCUT2D eigenvalue weighted by molar-refractivity contribution is 5.02. The highest BCUT2D eigenvalue weighted by Gasteiger charge is 2.24. The van der Waals surface area contributed by atoms with E-state index in [4.69, 9.17) is 0 Å². The van der Waals surface area contributed by atoms with Gasteiger partial charge in [0.2, 0.25) is 0 Å². The van der Waals surface area contributed by atoms with Crippen molar-refractivity contribution in [3.05, 3.63) is 18.2 Å². The second-order valence-corrected chi connectivity index (χ2v) is 3.75. The Morgan fingerprint density at radius 3 is 3.00 bits per heavy atom. The van der Waals surface area contributed by atoms with Crippen LogP contribution in [0.5, 0.6) is 0 Å². The maximum absolute atomic E-state index is 4.17. The summed E-state index contributed by atoms with van der Waals surface area (Å²) in [5, 5.41) is 1.96. The van der Waals surface area contributed by atoms with Crippen molar-refractivity contribution >= 4 is 0 Å². The van der Waals surface area contributed by atoms with Gasteiger partial charge in [-0.3, -0.25) is 5.01 Å². The van der Waals surface area contributed by atoms with Crippen LogP contribution < -0.4 is 5.43 Å². The molecule has 4 heteroatoms. The molecule has 1 fully saturated rings. The summed E-state index contributed by atoms with van der Waals surface area (Å²) in [6, 6.07) is 0.724. The zero-order valence-corrected chi connectivity index (χ0v) is 8.20. The number of rotatable bonds is 4. The molecule has 2 rings (SSSR count). The fourth-order valence-electron chi connectivity index (χ4n) is 1.39. The topological polar surface area (TPSA) is 33.1 Å². The summed E-state index contributed by atoms with van der Waals surface area (Å²) in [6.07, 6.45) is 6.50. The number of nitrogens with zero attached hydrogens (tertiary/aromatic N) is 3. The van der Waals surface area contributed by atoms with Crippen molar-refractivity contribution in [2.24, 2.45) is 0 Å². The zero-order chi connectivity index (χ0) is 9.26. The van der Waals surface area contributed by atoms with Crippen LogP contribution in [0.2, 0.25) is 0 Å². The molecule has 0 atom stereocenters. The largest absolute Gasteiger partial charge is 0.330 e. The fourth-order valence-corrected chi connectivity index (χ4v) is 1.39. The predicted octanol–water partition coefficient (Wildman–Crippen LogP) is 0.784. The third-order valence-corrected chi connectivity index (χ3v) is 2.26. The van der Waals surface area contributed by atoms with E-state index < -0.39 is 0 Å². The van der Waals surface area contributed by atoms with E-state index in [-0.39, 0.29) is 0 Å². The molecule has 1 saturated carbocycles. The maximum atomic E-state index is 4.17. The van der Waals surface area contributed by atoms with Gasteiger partial charge < -0.3 is 4.57 Å². The van der Waals surface area contributed by atoms with E-state index in [1.807, 2.05) is 31.6 Å². The van der Waals surface area contributed by atoms with Gasteiger partial charge in [-0.2, -0.15) is 0 Å². The lowest BCUT2D eigenvalue weighted by atomic mass is 10.4. The maximum Gasteiger partial charge on any atom is 0.0951 e. The van der Waals surface area contributed by atoms with Crippen molar-refractivity contribution in [2.75, 3.05) is 14.1 Å². The summed E-state index contributed by atoms with van der Waals surface area (Å²) in [5.74, 6) is 0. The first-order valence-corrected chi connectivity index (χ1v) is 4.69. The molecule has 72 valence electrons. The second kappa shape index (κ2) is 3.47. The van der Waals surface area contributed by atoms with Crippen molar-refractivity contribution < 1.29 is 0 Å². The monoisotopic (exact) mass is 180 g/mol. The molecule has 0 amide bonds. The van der Waals surface area contributed by atoms with Crippen LogP contribution >= 0.6 is 0 Å². The molecular formula is C9H16N4. The van der Waals surface area contributed by atoms with E-state index in [0.29, 0.717) is 0 Å². The minimum absolute atomic E-state index is 0.724. The first kappa shape index (κ1) is 8.72. The van der Waals surface area contributed by atoms with E-state index in [9.17, 15) is 0 Å². The van der Waals surface area contributed by atoms with Crippen LogP contribution in [-0.4, -0.2) is 28.7 Å². The molecule has 0 bridgehead atoms. The van der Waals surface area contributed by atoms with Gasteiger partial charge in [-0.25, -0.2) is 10.4 Å². The molecule has 1 aromatic rings. The van der Waals surface area contributed by atoms with Gasteiger partial charge in [-0.15, -0.1) is 0 Å². The van der Waals surface area contributed by atoms with E-state index in [1.165, 1.54) is 18.5 Å². The quantitative estimate of drug-likeness (QED) is 0.695. The number of imidazole rings is 1. The molecule has 1 heterocycles. The summed E-state index contributed by atoms with van der Waals surface area (Å²) >= 11 is 0. The Balaban J connectivity index is 1.98. The molecule has 1 N–H and O–H groups in total. The van der Waals surface area contributed by atoms with Crippen molar-refractivity contribution in [3.8, 4) is 0 Å². The standard InChI is InChI=1S/C9H16N4/c1-12(2)11-6-9-5-10-7-13(9)8-3-4-8/h5,7-8,11H,3-4,6H2,1-2H3. The van der Waals surface area contributed by atoms with Crippen LogP contribution in [-0.2, 0) is 6.54 Å². The lowest BCUT2D eigenvalue weighted by molar-refractivity contribution is 0.282. The van der Waals surface area contributed by atoms with Crippen LogP contribution in [0.1, 0.15) is 24.6 Å². The molecule has 0 radical (unpaired) electrons. The number of hydrazine groups is 1. The first-order chi connectivity index (χ1) is 6.27. The van der Waals surface area contributed by atoms with E-state index >= 15 is 0 Å². The molecule has 0 saturated heterocycles. The fraction of sp³-hybridized carbons (Fsp3) is 0.667. The smallest absolute Gasteiger partial charge is 0.0951 e. The average molecular weight is 180 g/mol. The summed E-state index contributed by atoms with van der Waals surface area (Å²) in [4.78, 5) is 4.17. The van der Waals surface area contributed by atoms with Gasteiger partial charge in [0.25, 0.3) is 0 Å². The van der Waals surface area contributed by atoms with Gasteiger partial charge in [0.05, 0.1) is 18.6 Å². The Labute approximate surface area is 78.5 Å². The van der Waals surface area contributed by atoms with Crippen molar-refractivity contribution in [1.82, 2.24) is 20.0 Å². The van der Waals surface area contributed by atoms with Gasteiger partial charge in [0.15, 0.2) is 0 Å². The molecular weight excluding hydrogens is 164 g/mol. The summed E-state index contributed by atoms with van der Waals surface area (Å²) < 4.78 is 2.27. The zero-order valence-electron chi connectivity index (χ0n) is 8.20. The van der Waals surface area contributed by atoms with Crippen LogP contribution in [0.25, 0.3) is 0 Å². The van der Waals surface area contributed by atoms with E-state index in [2.05, 4.69) is 15.0 Å². The lowest BCUT2D eigenvalue weighted by Gasteiger charge is -2.12. The van der Waals surface area contributed by atoms with Crippen LogP contribution in [0.15, 0.2) is 12.5 Å². The Morgan fingerprint density at radius 2 is 2.38 bits per heavy atom. The molecule has 4 nitrogen and oxygen atoms in total. The Hall–Kier alpha value is -0.870. The van der Waals surface area contributed by atoms with Crippen LogP contribution in [0, 0.1) is 0 Å². The minimum atomic E-state index is 0.724. The third kappa shape index (κ3) is 2.08. The molecule has 0 aliphatic heterocycles. The lowest BCUT2D eigenvalue weighted by Crippen LogP contribution is -2.30. The first-order valence-electron chi connectivity index (χ1n) is 4.69. The summed E-state index contributed by atoms with van der Waals surface area (Å²) in [5.41, 5.74) is 4.52. The summed E-state index contributed by atoms with van der Waals surface area (Å²) in [6.45, 7) is 0.865. The van der Waals surface area contributed by atoms with Crippen LogP contribution in [0.4, 0.5) is 0 Å². The molecule has 1 aliphatic rings. The highest BCUT2D eigenvalue weighted by Crippen LogP contribution is 2.35. The highest BCUT2D eigenvalue weighted by atomic mass is 15.5. The van der Waals surface area contributed by atoms with Gasteiger partial charge >= 0.3 is 0 Å². The summed E-state index contributed by atoms with van der Waals surface area (Å²) in [7, 11) is 4.00. The predicted molar refractivity (Wildman–Crippen MR) is 51.0 cm³/mol. The SMILES string of the molecule is CN(C)NCc1cncn1C1CC1. The molecule has 1 aromatic heterocycles. The number of aromatic nitrogens is 2. The normalized spacial score (nSPS) is 16.8. The number of hydrogen-bond acceptors (Lipinski definition) is 3. The Kier molecular flexibility index (Phi) is 2.33. The van der Waals surface area contributed by atoms with Crippen LogP contribution in [0.3, 0.4) is 0 Å². The minimum Gasteiger partial charge on any atom is -0.330 e. The second-order valence-electron chi connectivity index (χ2n) is 3.75. The van der Waals surface area contributed by atoms with Crippen molar-refractivity contribution in [3.63, 3.8) is 0 Å². The van der Waals surface area contributed by atoms with Crippen molar-refractivity contribution in [2.45, 2.75) is 25.4 Å². The van der Waals surface area contributed by atoms with E-state index in [1.54, 1.807) is 0 Å². The third-order valence-electron chi connectivity index (χ3n) is 2.26. The molecule has 0 unspecified atom stereocenters. The van der Waals surface area contributed by atoms with Gasteiger partial charge in [-0.1, -0.05) is 0 Å².